The fourth-order valence-electron chi connectivity index (χ4n) is 2.12. The van der Waals surface area contributed by atoms with Crippen LogP contribution in [0.15, 0.2) is 30.5 Å². The molecule has 0 aliphatic heterocycles. The molecule has 0 aliphatic rings. The van der Waals surface area contributed by atoms with Crippen LogP contribution < -0.4 is 9.47 Å². The minimum atomic E-state index is -2.96. The van der Waals surface area contributed by atoms with Gasteiger partial charge in [0.2, 0.25) is 0 Å². The second-order valence-corrected chi connectivity index (χ2v) is 4.23. The molecule has 7 heteroatoms. The van der Waals surface area contributed by atoms with Gasteiger partial charge in [0.15, 0.2) is 5.75 Å². The summed E-state index contributed by atoms with van der Waals surface area (Å²) in [7, 11) is 1.45. The van der Waals surface area contributed by atoms with Crippen LogP contribution in [-0.2, 0) is 6.54 Å². The van der Waals surface area contributed by atoms with Crippen molar-refractivity contribution in [2.45, 2.75) is 26.2 Å². The van der Waals surface area contributed by atoms with Crippen molar-refractivity contribution in [2.24, 2.45) is 0 Å². The number of aromatic nitrogens is 2. The van der Waals surface area contributed by atoms with Gasteiger partial charge in [0.05, 0.1) is 13.3 Å². The van der Waals surface area contributed by atoms with E-state index in [1.807, 2.05) is 6.92 Å². The topological polar surface area (TPSA) is 56.5 Å². The number of nitrogens with zero attached hydrogens (tertiary/aromatic N) is 2. The largest absolute Gasteiger partial charge is 0.493 e. The van der Waals surface area contributed by atoms with Gasteiger partial charge < -0.3 is 14.6 Å². The summed E-state index contributed by atoms with van der Waals surface area (Å²) in [6.07, 6.45) is 0.288. The highest BCUT2D eigenvalue weighted by atomic mass is 19.3. The molecule has 21 heavy (non-hydrogen) atoms. The van der Waals surface area contributed by atoms with Crippen LogP contribution in [-0.4, -0.2) is 28.6 Å². The van der Waals surface area contributed by atoms with Crippen LogP contribution in [0.1, 0.15) is 24.3 Å². The van der Waals surface area contributed by atoms with Crippen LogP contribution >= 0.6 is 0 Å². The molecule has 1 N–H and O–H groups in total. The third-order valence-corrected chi connectivity index (χ3v) is 3.05. The lowest BCUT2D eigenvalue weighted by atomic mass is 10.0. The summed E-state index contributed by atoms with van der Waals surface area (Å²) in [6, 6.07) is 6.09. The van der Waals surface area contributed by atoms with Gasteiger partial charge in [-0.2, -0.15) is 13.9 Å². The molecule has 1 heterocycles. The number of rotatable bonds is 6. The molecule has 1 unspecified atom stereocenters. The molecule has 0 bridgehead atoms. The normalized spacial score (nSPS) is 12.5. The third-order valence-electron chi connectivity index (χ3n) is 3.05. The first-order chi connectivity index (χ1) is 10.1. The molecule has 0 saturated heterocycles. The van der Waals surface area contributed by atoms with Crippen LogP contribution in [0.3, 0.4) is 0 Å². The van der Waals surface area contributed by atoms with Crippen molar-refractivity contribution < 1.29 is 23.4 Å². The zero-order chi connectivity index (χ0) is 15.4. The van der Waals surface area contributed by atoms with Gasteiger partial charge in [0.25, 0.3) is 0 Å². The van der Waals surface area contributed by atoms with E-state index < -0.39 is 12.7 Å². The molecule has 0 spiro atoms. The molecule has 114 valence electrons. The Kier molecular flexibility index (Phi) is 4.74. The molecule has 1 aromatic heterocycles. The van der Waals surface area contributed by atoms with Gasteiger partial charge in [-0.1, -0.05) is 18.2 Å². The highest BCUT2D eigenvalue weighted by Crippen LogP contribution is 2.35. The van der Waals surface area contributed by atoms with E-state index in [0.29, 0.717) is 18.0 Å². The second-order valence-electron chi connectivity index (χ2n) is 4.23. The van der Waals surface area contributed by atoms with E-state index in [4.69, 9.17) is 4.74 Å². The van der Waals surface area contributed by atoms with Crippen molar-refractivity contribution in [1.82, 2.24) is 9.78 Å². The maximum Gasteiger partial charge on any atom is 0.387 e. The molecule has 2 aromatic rings. The first-order valence-corrected chi connectivity index (χ1v) is 6.40. The SMILES string of the molecule is CCn1ncc(OC)c1C(O)c1ccccc1OC(F)F. The molecule has 0 fully saturated rings. The number of aliphatic hydroxyl groups is 1. The van der Waals surface area contributed by atoms with E-state index in [-0.39, 0.29) is 11.3 Å². The maximum atomic E-state index is 12.5. The van der Waals surface area contributed by atoms with E-state index in [0.717, 1.165) is 0 Å². The second kappa shape index (κ2) is 6.53. The highest BCUT2D eigenvalue weighted by molar-refractivity contribution is 5.42. The Morgan fingerprint density at radius 1 is 1.29 bits per heavy atom. The van der Waals surface area contributed by atoms with Gasteiger partial charge in [-0.25, -0.2) is 0 Å². The number of alkyl halides is 2. The fourth-order valence-corrected chi connectivity index (χ4v) is 2.12. The van der Waals surface area contributed by atoms with Crippen LogP contribution in [0.4, 0.5) is 8.78 Å². The first-order valence-electron chi connectivity index (χ1n) is 6.40. The molecular weight excluding hydrogens is 282 g/mol. The zero-order valence-corrected chi connectivity index (χ0v) is 11.7. The highest BCUT2D eigenvalue weighted by Gasteiger charge is 2.24. The quantitative estimate of drug-likeness (QED) is 0.890. The fraction of sp³-hybridized carbons (Fsp3) is 0.357. The lowest BCUT2D eigenvalue weighted by molar-refractivity contribution is -0.0513. The van der Waals surface area contributed by atoms with Crippen molar-refractivity contribution in [1.29, 1.82) is 0 Å². The third kappa shape index (κ3) is 3.13. The monoisotopic (exact) mass is 298 g/mol. The van der Waals surface area contributed by atoms with Crippen molar-refractivity contribution in [3.63, 3.8) is 0 Å². The smallest absolute Gasteiger partial charge is 0.387 e. The Bertz CT molecular complexity index is 580. The van der Waals surface area contributed by atoms with Crippen molar-refractivity contribution in [2.75, 3.05) is 7.11 Å². The average Bonchev–Trinajstić information content (AvgIpc) is 2.89. The molecule has 1 atom stereocenters. The molecule has 0 radical (unpaired) electrons. The average molecular weight is 298 g/mol. The van der Waals surface area contributed by atoms with Gasteiger partial charge in [-0.15, -0.1) is 0 Å². The summed E-state index contributed by atoms with van der Waals surface area (Å²) in [4.78, 5) is 0. The number of aliphatic hydroxyl groups excluding tert-OH is 1. The Labute approximate surface area is 120 Å². The van der Waals surface area contributed by atoms with Gasteiger partial charge in [0, 0.05) is 12.1 Å². The lowest BCUT2D eigenvalue weighted by Gasteiger charge is -2.17. The number of aryl methyl sites for hydroxylation is 1. The molecule has 2 rings (SSSR count). The van der Waals surface area contributed by atoms with Gasteiger partial charge in [-0.3, -0.25) is 4.68 Å². The minimum absolute atomic E-state index is 0.0779. The van der Waals surface area contributed by atoms with Crippen molar-refractivity contribution in [3.05, 3.63) is 41.7 Å². The Morgan fingerprint density at radius 2 is 2.00 bits per heavy atom. The summed E-state index contributed by atoms with van der Waals surface area (Å²) in [6.45, 7) is -0.603. The van der Waals surface area contributed by atoms with Crippen molar-refractivity contribution >= 4 is 0 Å². The van der Waals surface area contributed by atoms with Gasteiger partial charge in [-0.05, 0) is 13.0 Å². The Hall–Kier alpha value is -2.15. The Balaban J connectivity index is 2.45. The van der Waals surface area contributed by atoms with E-state index in [1.54, 1.807) is 16.8 Å². The number of benzene rings is 1. The van der Waals surface area contributed by atoms with Crippen LogP contribution in [0.25, 0.3) is 0 Å². The van der Waals surface area contributed by atoms with E-state index >= 15 is 0 Å². The summed E-state index contributed by atoms with van der Waals surface area (Å²) < 4.78 is 36.1. The molecule has 0 aliphatic carbocycles. The molecular formula is C14H16F2N2O3. The predicted molar refractivity (Wildman–Crippen MR) is 71.6 cm³/mol. The summed E-state index contributed by atoms with van der Waals surface area (Å²) >= 11 is 0. The molecule has 0 amide bonds. The number of methoxy groups -OCH3 is 1. The van der Waals surface area contributed by atoms with E-state index in [1.165, 1.54) is 25.4 Å². The van der Waals surface area contributed by atoms with Crippen LogP contribution in [0.5, 0.6) is 11.5 Å². The number of ether oxygens (including phenoxy) is 2. The number of hydrogen-bond acceptors (Lipinski definition) is 4. The summed E-state index contributed by atoms with van der Waals surface area (Å²) in [5.74, 6) is 0.308. The number of halogens is 2. The molecule has 5 nitrogen and oxygen atoms in total. The first kappa shape index (κ1) is 15.2. The number of hydrogen-bond donors (Lipinski definition) is 1. The standard InChI is InChI=1S/C14H16F2N2O3/c1-3-18-12(11(20-2)8-17-18)13(19)9-6-4-5-7-10(9)21-14(15)16/h4-8,13-14,19H,3H2,1-2H3. The number of para-hydroxylation sites is 1. The van der Waals surface area contributed by atoms with E-state index in [2.05, 4.69) is 9.84 Å². The van der Waals surface area contributed by atoms with Crippen LogP contribution in [0, 0.1) is 0 Å². The zero-order valence-electron chi connectivity index (χ0n) is 11.7. The minimum Gasteiger partial charge on any atom is -0.493 e. The predicted octanol–water partition coefficient (Wildman–Crippen LogP) is 2.59. The maximum absolute atomic E-state index is 12.5. The van der Waals surface area contributed by atoms with Gasteiger partial charge >= 0.3 is 6.61 Å². The lowest BCUT2D eigenvalue weighted by Crippen LogP contribution is -2.12. The van der Waals surface area contributed by atoms with E-state index in [9.17, 15) is 13.9 Å². The summed E-state index contributed by atoms with van der Waals surface area (Å²) in [5, 5.41) is 14.6. The van der Waals surface area contributed by atoms with Crippen LogP contribution in [0.2, 0.25) is 0 Å². The van der Waals surface area contributed by atoms with Crippen molar-refractivity contribution in [3.8, 4) is 11.5 Å². The molecule has 1 aromatic carbocycles. The van der Waals surface area contributed by atoms with Gasteiger partial charge in [0.1, 0.15) is 17.5 Å². The Morgan fingerprint density at radius 3 is 2.62 bits per heavy atom. The summed E-state index contributed by atoms with van der Waals surface area (Å²) in [5.41, 5.74) is 0.622. The molecule has 0 saturated carbocycles.